The zero-order valence-corrected chi connectivity index (χ0v) is 9.79. The van der Waals surface area contributed by atoms with E-state index in [0.717, 1.165) is 5.69 Å². The molecule has 1 fully saturated rings. The maximum absolute atomic E-state index is 10.5. The van der Waals surface area contributed by atoms with Crippen LogP contribution in [-0.4, -0.2) is 54.0 Å². The molecule has 0 bridgehead atoms. The highest BCUT2D eigenvalue weighted by atomic mass is 16.7. The molecule has 0 amide bonds. The molecule has 0 aliphatic carbocycles. The normalized spacial score (nSPS) is 17.9. The highest BCUT2D eigenvalue weighted by Gasteiger charge is 2.44. The Morgan fingerprint density at radius 2 is 2.18 bits per heavy atom. The minimum absolute atomic E-state index is 0.131. The number of hydrogen-bond donors (Lipinski definition) is 1. The van der Waals surface area contributed by atoms with Crippen LogP contribution in [0.15, 0.2) is 12.4 Å². The van der Waals surface area contributed by atoms with Crippen molar-refractivity contribution >= 4 is 11.7 Å². The van der Waals surface area contributed by atoms with E-state index in [2.05, 4.69) is 5.10 Å². The van der Waals surface area contributed by atoms with Crippen molar-refractivity contribution < 1.29 is 19.4 Å². The van der Waals surface area contributed by atoms with Crippen molar-refractivity contribution in [2.75, 3.05) is 32.2 Å². The van der Waals surface area contributed by atoms with Crippen LogP contribution in [0.3, 0.4) is 0 Å². The lowest BCUT2D eigenvalue weighted by atomic mass is 10.1. The number of ether oxygens (including phenoxy) is 2. The van der Waals surface area contributed by atoms with Gasteiger partial charge in [-0.25, -0.2) is 0 Å². The quantitative estimate of drug-likeness (QED) is 0.718. The fourth-order valence-corrected chi connectivity index (χ4v) is 1.80. The maximum Gasteiger partial charge on any atom is 0.325 e. The minimum Gasteiger partial charge on any atom is -0.480 e. The van der Waals surface area contributed by atoms with Crippen LogP contribution in [0.2, 0.25) is 0 Å². The largest absolute Gasteiger partial charge is 0.480 e. The molecule has 1 saturated heterocycles. The number of carbonyl (C=O) groups is 1. The van der Waals surface area contributed by atoms with Gasteiger partial charge in [0.25, 0.3) is 0 Å². The molecule has 2 rings (SSSR count). The van der Waals surface area contributed by atoms with Crippen LogP contribution in [-0.2, 0) is 20.8 Å². The summed E-state index contributed by atoms with van der Waals surface area (Å²) in [4.78, 5) is 12.5. The van der Waals surface area contributed by atoms with Crippen molar-refractivity contribution in [3.05, 3.63) is 12.4 Å². The monoisotopic (exact) mass is 241 g/mol. The van der Waals surface area contributed by atoms with Gasteiger partial charge in [0.2, 0.25) is 5.79 Å². The topological polar surface area (TPSA) is 76.8 Å². The Kier molecular flexibility index (Phi) is 3.03. The third kappa shape index (κ3) is 2.25. The highest BCUT2D eigenvalue weighted by Crippen LogP contribution is 2.30. The summed E-state index contributed by atoms with van der Waals surface area (Å²) in [7, 11) is 3.21. The van der Waals surface area contributed by atoms with E-state index in [1.165, 1.54) is 4.68 Å². The van der Waals surface area contributed by atoms with Gasteiger partial charge in [0.05, 0.1) is 25.0 Å². The fourth-order valence-electron chi connectivity index (χ4n) is 1.80. The molecule has 0 aromatic carbocycles. The second-order valence-corrected chi connectivity index (χ2v) is 3.96. The summed E-state index contributed by atoms with van der Waals surface area (Å²) >= 11 is 0. The molecule has 17 heavy (non-hydrogen) atoms. The summed E-state index contributed by atoms with van der Waals surface area (Å²) in [6.45, 7) is 1.09. The third-order valence-corrected chi connectivity index (χ3v) is 2.89. The summed E-state index contributed by atoms with van der Waals surface area (Å²) in [5, 5.41) is 12.6. The molecule has 1 N–H and O–H groups in total. The average Bonchev–Trinajstić information content (AvgIpc) is 2.65. The first-order valence-electron chi connectivity index (χ1n) is 5.18. The molecule has 2 heterocycles. The Hall–Kier alpha value is -1.60. The van der Waals surface area contributed by atoms with E-state index in [9.17, 15) is 4.79 Å². The summed E-state index contributed by atoms with van der Waals surface area (Å²) in [5.74, 6) is -1.46. The van der Waals surface area contributed by atoms with Crippen LogP contribution in [0.25, 0.3) is 0 Å². The number of aromatic nitrogens is 2. The zero-order valence-electron chi connectivity index (χ0n) is 9.79. The molecule has 1 aliphatic heterocycles. The average molecular weight is 241 g/mol. The van der Waals surface area contributed by atoms with Crippen molar-refractivity contribution in [3.8, 4) is 0 Å². The number of hydrogen-bond acceptors (Lipinski definition) is 5. The van der Waals surface area contributed by atoms with Gasteiger partial charge >= 0.3 is 5.97 Å². The van der Waals surface area contributed by atoms with Gasteiger partial charge in [0.1, 0.15) is 6.54 Å². The van der Waals surface area contributed by atoms with Crippen molar-refractivity contribution in [2.45, 2.75) is 12.3 Å². The number of nitrogens with zero attached hydrogens (tertiary/aromatic N) is 3. The van der Waals surface area contributed by atoms with E-state index >= 15 is 0 Å². The van der Waals surface area contributed by atoms with Gasteiger partial charge in [-0.15, -0.1) is 0 Å². The van der Waals surface area contributed by atoms with Crippen molar-refractivity contribution in [2.24, 2.45) is 0 Å². The van der Waals surface area contributed by atoms with Gasteiger partial charge in [-0.2, -0.15) is 5.10 Å². The Balaban J connectivity index is 1.97. The van der Waals surface area contributed by atoms with Gasteiger partial charge in [0.15, 0.2) is 0 Å². The second kappa shape index (κ2) is 4.34. The Bertz CT molecular complexity index is 405. The Morgan fingerprint density at radius 1 is 1.53 bits per heavy atom. The van der Waals surface area contributed by atoms with Gasteiger partial charge in [-0.3, -0.25) is 9.48 Å². The van der Waals surface area contributed by atoms with Gasteiger partial charge < -0.3 is 19.5 Å². The first-order chi connectivity index (χ1) is 8.08. The van der Waals surface area contributed by atoms with Crippen molar-refractivity contribution in [1.29, 1.82) is 0 Å². The van der Waals surface area contributed by atoms with E-state index in [1.807, 2.05) is 4.90 Å². The van der Waals surface area contributed by atoms with Crippen LogP contribution in [0.1, 0.15) is 0 Å². The molecule has 1 aromatic rings. The van der Waals surface area contributed by atoms with Crippen LogP contribution < -0.4 is 4.90 Å². The minimum atomic E-state index is -0.911. The molecular formula is C10H15N3O4. The first kappa shape index (κ1) is 11.9. The Labute approximate surface area is 98.5 Å². The van der Waals surface area contributed by atoms with E-state index in [0.29, 0.717) is 13.1 Å². The van der Waals surface area contributed by atoms with E-state index in [1.54, 1.807) is 26.6 Å². The molecule has 7 heteroatoms. The van der Waals surface area contributed by atoms with Crippen LogP contribution in [0.5, 0.6) is 0 Å². The molecule has 0 atom stereocenters. The van der Waals surface area contributed by atoms with Crippen LogP contribution >= 0.6 is 0 Å². The molecule has 0 unspecified atom stereocenters. The standard InChI is InChI=1S/C10H15N3O4/c1-16-10(17-2)6-12(7-10)8-3-11-13(4-8)5-9(14)15/h3-4H,5-7H2,1-2H3,(H,14,15). The summed E-state index contributed by atoms with van der Waals surface area (Å²) in [6, 6.07) is 0. The predicted octanol–water partition coefficient (Wildman–Crippen LogP) is -0.223. The Morgan fingerprint density at radius 3 is 2.71 bits per heavy atom. The molecule has 1 aromatic heterocycles. The first-order valence-corrected chi connectivity index (χ1v) is 5.18. The van der Waals surface area contributed by atoms with E-state index in [4.69, 9.17) is 14.6 Å². The summed E-state index contributed by atoms with van der Waals surface area (Å²) < 4.78 is 11.9. The lowest BCUT2D eigenvalue weighted by molar-refractivity contribution is -0.219. The third-order valence-electron chi connectivity index (χ3n) is 2.89. The number of methoxy groups -OCH3 is 2. The number of carboxylic acids is 1. The molecule has 0 spiro atoms. The molecule has 7 nitrogen and oxygen atoms in total. The molecule has 1 aliphatic rings. The van der Waals surface area contributed by atoms with Gasteiger partial charge in [-0.1, -0.05) is 0 Å². The highest BCUT2D eigenvalue weighted by molar-refractivity contribution is 5.66. The predicted molar refractivity (Wildman–Crippen MR) is 58.8 cm³/mol. The van der Waals surface area contributed by atoms with E-state index < -0.39 is 11.8 Å². The fraction of sp³-hybridized carbons (Fsp3) is 0.600. The van der Waals surface area contributed by atoms with E-state index in [-0.39, 0.29) is 6.54 Å². The molecule has 0 saturated carbocycles. The molecule has 94 valence electrons. The summed E-state index contributed by atoms with van der Waals surface area (Å²) in [5.41, 5.74) is 0.871. The van der Waals surface area contributed by atoms with Crippen molar-refractivity contribution in [1.82, 2.24) is 9.78 Å². The number of rotatable bonds is 5. The number of anilines is 1. The maximum atomic E-state index is 10.5. The van der Waals surface area contributed by atoms with Crippen LogP contribution in [0, 0.1) is 0 Å². The lowest BCUT2D eigenvalue weighted by Gasteiger charge is -2.48. The van der Waals surface area contributed by atoms with Crippen molar-refractivity contribution in [3.63, 3.8) is 0 Å². The lowest BCUT2D eigenvalue weighted by Crippen LogP contribution is -2.64. The second-order valence-electron chi connectivity index (χ2n) is 3.96. The van der Waals surface area contributed by atoms with Gasteiger partial charge in [-0.05, 0) is 0 Å². The molecule has 0 radical (unpaired) electrons. The van der Waals surface area contributed by atoms with Crippen LogP contribution in [0.4, 0.5) is 5.69 Å². The molecular weight excluding hydrogens is 226 g/mol. The summed E-state index contributed by atoms with van der Waals surface area (Å²) in [6.07, 6.45) is 3.33. The smallest absolute Gasteiger partial charge is 0.325 e. The zero-order chi connectivity index (χ0) is 12.5. The van der Waals surface area contributed by atoms with Gasteiger partial charge in [0, 0.05) is 20.4 Å². The SMILES string of the molecule is COC1(OC)CN(c2cnn(CC(=O)O)c2)C1. The number of carboxylic acid groups (broad SMARTS) is 1. The number of aliphatic carboxylic acids is 1.